The van der Waals surface area contributed by atoms with Gasteiger partial charge >= 0.3 is 0 Å². The van der Waals surface area contributed by atoms with E-state index >= 15 is 0 Å². The quantitative estimate of drug-likeness (QED) is 0.547. The SMILES string of the molecule is Nc1ccc(C(=O)NC(=O)C2CCc3n[nH]nc3C2)cc1. The first-order chi connectivity index (χ1) is 10.1. The number of hydrogen-bond donors (Lipinski definition) is 3. The third-order valence-corrected chi connectivity index (χ3v) is 3.65. The van der Waals surface area contributed by atoms with Crippen molar-refractivity contribution in [3.8, 4) is 0 Å². The van der Waals surface area contributed by atoms with Gasteiger partial charge in [-0.2, -0.15) is 15.4 Å². The molecule has 1 aromatic heterocycles. The summed E-state index contributed by atoms with van der Waals surface area (Å²) in [5, 5.41) is 13.0. The molecule has 3 rings (SSSR count). The standard InChI is InChI=1S/C14H15N5O2/c15-10-4-1-8(2-5-10)13(20)16-14(21)9-3-6-11-12(7-9)18-19-17-11/h1-2,4-5,9H,3,6-7,15H2,(H,16,20,21)(H,17,18,19). The van der Waals surface area contributed by atoms with Crippen molar-refractivity contribution in [3.63, 3.8) is 0 Å². The van der Waals surface area contributed by atoms with Crippen molar-refractivity contribution in [3.05, 3.63) is 41.2 Å². The summed E-state index contributed by atoms with van der Waals surface area (Å²) in [7, 11) is 0. The molecule has 1 aromatic carbocycles. The minimum absolute atomic E-state index is 0.250. The lowest BCUT2D eigenvalue weighted by molar-refractivity contribution is -0.124. The van der Waals surface area contributed by atoms with Crippen LogP contribution in [0.2, 0.25) is 0 Å². The number of carbonyl (C=O) groups is 2. The van der Waals surface area contributed by atoms with Gasteiger partial charge in [0, 0.05) is 23.6 Å². The van der Waals surface area contributed by atoms with E-state index in [1.807, 2.05) is 0 Å². The van der Waals surface area contributed by atoms with Crippen molar-refractivity contribution in [1.82, 2.24) is 20.7 Å². The number of nitrogens with one attached hydrogen (secondary N) is 2. The molecule has 0 saturated carbocycles. The van der Waals surface area contributed by atoms with Crippen LogP contribution in [0.3, 0.4) is 0 Å². The van der Waals surface area contributed by atoms with Crippen molar-refractivity contribution >= 4 is 17.5 Å². The zero-order valence-electron chi connectivity index (χ0n) is 11.3. The van der Waals surface area contributed by atoms with Gasteiger partial charge in [0.25, 0.3) is 5.91 Å². The molecule has 0 saturated heterocycles. The molecule has 21 heavy (non-hydrogen) atoms. The summed E-state index contributed by atoms with van der Waals surface area (Å²) >= 11 is 0. The summed E-state index contributed by atoms with van der Waals surface area (Å²) in [6.45, 7) is 0. The van der Waals surface area contributed by atoms with Gasteiger partial charge in [0.15, 0.2) is 0 Å². The molecule has 0 spiro atoms. The van der Waals surface area contributed by atoms with Gasteiger partial charge in [0.1, 0.15) is 0 Å². The number of aryl methyl sites for hydroxylation is 1. The van der Waals surface area contributed by atoms with Gasteiger partial charge < -0.3 is 5.73 Å². The minimum Gasteiger partial charge on any atom is -0.399 e. The number of anilines is 1. The Morgan fingerprint density at radius 1 is 1.19 bits per heavy atom. The number of imide groups is 1. The second-order valence-corrected chi connectivity index (χ2v) is 5.10. The van der Waals surface area contributed by atoms with Crippen LogP contribution in [0, 0.1) is 5.92 Å². The van der Waals surface area contributed by atoms with Gasteiger partial charge in [-0.1, -0.05) is 0 Å². The van der Waals surface area contributed by atoms with E-state index in [1.165, 1.54) is 0 Å². The van der Waals surface area contributed by atoms with Crippen LogP contribution in [-0.2, 0) is 17.6 Å². The van der Waals surface area contributed by atoms with Gasteiger partial charge in [0.05, 0.1) is 11.4 Å². The summed E-state index contributed by atoms with van der Waals surface area (Å²) in [6.07, 6.45) is 1.87. The zero-order chi connectivity index (χ0) is 14.8. The Kier molecular flexibility index (Phi) is 3.39. The number of aromatic nitrogens is 3. The molecule has 0 aliphatic heterocycles. The molecule has 1 unspecified atom stereocenters. The van der Waals surface area contributed by atoms with Crippen LogP contribution >= 0.6 is 0 Å². The van der Waals surface area contributed by atoms with Crippen molar-refractivity contribution in [2.75, 3.05) is 5.73 Å². The number of rotatable bonds is 2. The lowest BCUT2D eigenvalue weighted by Crippen LogP contribution is -2.38. The number of nitrogen functional groups attached to an aromatic ring is 1. The summed E-state index contributed by atoms with van der Waals surface area (Å²) in [5.74, 6) is -0.934. The van der Waals surface area contributed by atoms with Gasteiger partial charge in [-0.05, 0) is 37.1 Å². The van der Waals surface area contributed by atoms with E-state index < -0.39 is 5.91 Å². The number of H-pyrrole nitrogens is 1. The lowest BCUT2D eigenvalue weighted by atomic mass is 9.89. The number of fused-ring (bicyclic) bond motifs is 1. The molecule has 2 amide bonds. The van der Waals surface area contributed by atoms with Crippen molar-refractivity contribution in [1.29, 1.82) is 0 Å². The minimum atomic E-state index is -0.411. The number of nitrogens with zero attached hydrogens (tertiary/aromatic N) is 2. The molecule has 7 nitrogen and oxygen atoms in total. The van der Waals surface area contributed by atoms with E-state index in [0.29, 0.717) is 30.5 Å². The molecule has 1 aliphatic rings. The van der Waals surface area contributed by atoms with Crippen molar-refractivity contribution in [2.45, 2.75) is 19.3 Å². The maximum Gasteiger partial charge on any atom is 0.257 e. The van der Waals surface area contributed by atoms with E-state index in [4.69, 9.17) is 5.73 Å². The van der Waals surface area contributed by atoms with E-state index in [2.05, 4.69) is 20.7 Å². The molecular weight excluding hydrogens is 270 g/mol. The predicted octanol–water partition coefficient (Wildman–Crippen LogP) is 0.448. The topological polar surface area (TPSA) is 114 Å². The van der Waals surface area contributed by atoms with E-state index in [1.54, 1.807) is 24.3 Å². The number of carbonyl (C=O) groups excluding carboxylic acids is 2. The molecular formula is C14H15N5O2. The van der Waals surface area contributed by atoms with Gasteiger partial charge in [-0.15, -0.1) is 0 Å². The highest BCUT2D eigenvalue weighted by Crippen LogP contribution is 2.22. The van der Waals surface area contributed by atoms with E-state index in [-0.39, 0.29) is 11.8 Å². The summed E-state index contributed by atoms with van der Waals surface area (Å²) in [6, 6.07) is 6.44. The highest BCUT2D eigenvalue weighted by Gasteiger charge is 2.28. The van der Waals surface area contributed by atoms with Crippen LogP contribution in [0.1, 0.15) is 28.2 Å². The molecule has 1 atom stereocenters. The van der Waals surface area contributed by atoms with Crippen LogP contribution < -0.4 is 11.1 Å². The number of amides is 2. The Hall–Kier alpha value is -2.70. The second-order valence-electron chi connectivity index (χ2n) is 5.10. The number of hydrogen-bond acceptors (Lipinski definition) is 5. The monoisotopic (exact) mass is 285 g/mol. The van der Waals surface area contributed by atoms with Crippen LogP contribution in [0.4, 0.5) is 5.69 Å². The van der Waals surface area contributed by atoms with Crippen LogP contribution in [0.25, 0.3) is 0 Å². The fourth-order valence-electron chi connectivity index (χ4n) is 2.43. The van der Waals surface area contributed by atoms with Crippen LogP contribution in [0.5, 0.6) is 0 Å². The normalized spacial score (nSPS) is 17.0. The number of nitrogens with two attached hydrogens (primary N) is 1. The smallest absolute Gasteiger partial charge is 0.257 e. The lowest BCUT2D eigenvalue weighted by Gasteiger charge is -2.19. The Morgan fingerprint density at radius 3 is 2.67 bits per heavy atom. The molecule has 7 heteroatoms. The third-order valence-electron chi connectivity index (χ3n) is 3.65. The summed E-state index contributed by atoms with van der Waals surface area (Å²) < 4.78 is 0. The number of aromatic amines is 1. The first-order valence-corrected chi connectivity index (χ1v) is 6.72. The van der Waals surface area contributed by atoms with Gasteiger partial charge in [0.2, 0.25) is 5.91 Å². The highest BCUT2D eigenvalue weighted by atomic mass is 16.2. The largest absolute Gasteiger partial charge is 0.399 e. The van der Waals surface area contributed by atoms with Crippen molar-refractivity contribution < 1.29 is 9.59 Å². The predicted molar refractivity (Wildman–Crippen MR) is 75.2 cm³/mol. The molecule has 1 aliphatic carbocycles. The number of benzene rings is 1. The molecule has 2 aromatic rings. The molecule has 1 heterocycles. The van der Waals surface area contributed by atoms with Gasteiger partial charge in [-0.25, -0.2) is 0 Å². The fraction of sp³-hybridized carbons (Fsp3) is 0.286. The molecule has 0 bridgehead atoms. The first kappa shape index (κ1) is 13.3. The van der Waals surface area contributed by atoms with Crippen LogP contribution in [0.15, 0.2) is 24.3 Å². The van der Waals surface area contributed by atoms with E-state index in [9.17, 15) is 9.59 Å². The fourth-order valence-corrected chi connectivity index (χ4v) is 2.43. The Labute approximate surface area is 120 Å². The summed E-state index contributed by atoms with van der Waals surface area (Å²) in [5.41, 5.74) is 8.26. The van der Waals surface area contributed by atoms with E-state index in [0.717, 1.165) is 11.4 Å². The van der Waals surface area contributed by atoms with Crippen LogP contribution in [-0.4, -0.2) is 27.2 Å². The Bertz CT molecular complexity index is 677. The molecule has 0 fully saturated rings. The van der Waals surface area contributed by atoms with Crippen molar-refractivity contribution in [2.24, 2.45) is 5.92 Å². The first-order valence-electron chi connectivity index (χ1n) is 6.72. The third kappa shape index (κ3) is 2.76. The Morgan fingerprint density at radius 2 is 1.90 bits per heavy atom. The molecule has 108 valence electrons. The average Bonchev–Trinajstić information content (AvgIpc) is 2.95. The summed E-state index contributed by atoms with van der Waals surface area (Å²) in [4.78, 5) is 24.2. The second kappa shape index (κ2) is 5.35. The maximum atomic E-state index is 12.2. The highest BCUT2D eigenvalue weighted by molar-refractivity contribution is 6.05. The van der Waals surface area contributed by atoms with Gasteiger partial charge in [-0.3, -0.25) is 14.9 Å². The molecule has 0 radical (unpaired) electrons. The Balaban J connectivity index is 1.64. The average molecular weight is 285 g/mol. The maximum absolute atomic E-state index is 12.2. The molecule has 4 N–H and O–H groups in total. The zero-order valence-corrected chi connectivity index (χ0v) is 11.3.